The molecule has 1 fully saturated rings. The van der Waals surface area contributed by atoms with Crippen LogP contribution >= 0.6 is 0 Å². The highest BCUT2D eigenvalue weighted by atomic mass is 19.2. The molecule has 0 bridgehead atoms. The number of hydrogen-bond donors (Lipinski definition) is 1. The van der Waals surface area contributed by atoms with Crippen molar-refractivity contribution in [2.45, 2.75) is 18.4 Å². The monoisotopic (exact) mass is 532 g/mol. The summed E-state index contributed by atoms with van der Waals surface area (Å²) in [5.41, 5.74) is -1.48. The Morgan fingerprint density at radius 3 is 2.61 bits per heavy atom. The van der Waals surface area contributed by atoms with Crippen molar-refractivity contribution in [3.05, 3.63) is 101 Å². The fourth-order valence-corrected chi connectivity index (χ4v) is 4.76. The Kier molecular flexibility index (Phi) is 6.20. The number of amides is 1. The number of rotatable bonds is 8. The first-order valence-electron chi connectivity index (χ1n) is 14.8. The van der Waals surface area contributed by atoms with Crippen LogP contribution in [0.5, 0.6) is 5.75 Å². The van der Waals surface area contributed by atoms with Crippen LogP contribution in [0.25, 0.3) is 0 Å². The number of methoxy groups -OCH3 is 1. The lowest BCUT2D eigenvalue weighted by Gasteiger charge is -2.47. The van der Waals surface area contributed by atoms with Gasteiger partial charge in [0.15, 0.2) is 11.6 Å². The third-order valence-electron chi connectivity index (χ3n) is 6.71. The molecule has 0 radical (unpaired) electrons. The van der Waals surface area contributed by atoms with Crippen molar-refractivity contribution in [2.75, 3.05) is 33.6 Å². The summed E-state index contributed by atoms with van der Waals surface area (Å²) < 4.78 is 98.3. The molecule has 1 N–H and O–H groups in total. The Morgan fingerprint density at radius 1 is 1.05 bits per heavy atom. The zero-order valence-corrected chi connectivity index (χ0v) is 20.2. The average Bonchev–Trinajstić information content (AvgIpc) is 2.94. The van der Waals surface area contributed by atoms with Crippen molar-refractivity contribution >= 4 is 11.9 Å². The first-order valence-corrected chi connectivity index (χ1v) is 11.8. The largest absolute Gasteiger partial charge is 0.497 e. The molecule has 0 saturated carbocycles. The molecule has 200 valence electrons. The minimum Gasteiger partial charge on any atom is -0.497 e. The fourth-order valence-electron chi connectivity index (χ4n) is 4.76. The summed E-state index contributed by atoms with van der Waals surface area (Å²) in [5.74, 6) is -6.24. The van der Waals surface area contributed by atoms with Gasteiger partial charge in [0.1, 0.15) is 17.2 Å². The van der Waals surface area contributed by atoms with Crippen LogP contribution < -0.4 is 10.1 Å². The van der Waals surface area contributed by atoms with Crippen LogP contribution in [-0.2, 0) is 21.6 Å². The highest BCUT2D eigenvalue weighted by molar-refractivity contribution is 5.89. The van der Waals surface area contributed by atoms with Gasteiger partial charge in [-0.3, -0.25) is 4.79 Å². The lowest BCUT2D eigenvalue weighted by molar-refractivity contribution is -0.141. The first-order chi connectivity index (χ1) is 20.6. The Bertz CT molecular complexity index is 1510. The smallest absolute Gasteiger partial charge is 0.339 e. The molecule has 0 aromatic heterocycles. The van der Waals surface area contributed by atoms with E-state index >= 15 is 0 Å². The molecule has 2 unspecified atom stereocenters. The summed E-state index contributed by atoms with van der Waals surface area (Å²) >= 11 is 0. The van der Waals surface area contributed by atoms with Crippen LogP contribution in [0, 0.1) is 23.4 Å². The molecule has 1 aliphatic heterocycles. The number of benzene rings is 3. The standard InChI is InChI=1S/C29H29F3N2O4/c1-33-17-22-18-34(27(35)14-20-13-25(31)26(32)16-24(20)30)12-11-29(22,21-9-6-10-23(15-21)37-2)38-28(36)19-7-4-3-5-8-19/h3-10,13,15-16,22,33H,11-12,14,17-18H2,1-2H3/i1D3,2D3. The molecule has 3 aromatic carbocycles. The van der Waals surface area contributed by atoms with Crippen LogP contribution in [0.3, 0.4) is 0 Å². The molecule has 1 heterocycles. The molecule has 6 nitrogen and oxygen atoms in total. The van der Waals surface area contributed by atoms with E-state index in [1.165, 1.54) is 35.2 Å². The molecule has 9 heteroatoms. The lowest BCUT2D eigenvalue weighted by atomic mass is 9.75. The van der Waals surface area contributed by atoms with E-state index in [0.717, 1.165) is 0 Å². The van der Waals surface area contributed by atoms with Crippen molar-refractivity contribution in [3.8, 4) is 5.75 Å². The minimum absolute atomic E-state index is 0.0625. The molecule has 1 saturated heterocycles. The van der Waals surface area contributed by atoms with Gasteiger partial charge in [-0.1, -0.05) is 30.3 Å². The molecular weight excluding hydrogens is 497 g/mol. The van der Waals surface area contributed by atoms with Gasteiger partial charge in [-0.2, -0.15) is 0 Å². The molecule has 1 amide bonds. The Labute approximate surface area is 227 Å². The second-order valence-corrected chi connectivity index (χ2v) is 8.98. The predicted molar refractivity (Wildman–Crippen MR) is 135 cm³/mol. The second kappa shape index (κ2) is 11.7. The number of halogens is 3. The summed E-state index contributed by atoms with van der Waals surface area (Å²) in [6.07, 6.45) is -0.691. The molecule has 4 rings (SSSR count). The summed E-state index contributed by atoms with van der Waals surface area (Å²) in [7, 11) is -2.79. The minimum atomic E-state index is -2.79. The van der Waals surface area contributed by atoms with Gasteiger partial charge >= 0.3 is 5.97 Å². The van der Waals surface area contributed by atoms with Crippen molar-refractivity contribution in [1.82, 2.24) is 10.2 Å². The maximum atomic E-state index is 14.3. The van der Waals surface area contributed by atoms with Gasteiger partial charge in [0, 0.05) is 47.7 Å². The first kappa shape index (κ1) is 20.2. The zero-order valence-electron chi connectivity index (χ0n) is 26.2. The maximum absolute atomic E-state index is 14.3. The Morgan fingerprint density at radius 2 is 1.84 bits per heavy atom. The average molecular weight is 533 g/mol. The van der Waals surface area contributed by atoms with Crippen molar-refractivity contribution < 1.29 is 40.5 Å². The van der Waals surface area contributed by atoms with Crippen LogP contribution in [0.4, 0.5) is 13.2 Å². The third-order valence-corrected chi connectivity index (χ3v) is 6.71. The topological polar surface area (TPSA) is 67.9 Å². The van der Waals surface area contributed by atoms with E-state index < -0.39 is 61.3 Å². The van der Waals surface area contributed by atoms with Crippen LogP contribution in [-0.4, -0.2) is 50.4 Å². The molecular formula is C29H29F3N2O4. The van der Waals surface area contributed by atoms with Gasteiger partial charge in [0.2, 0.25) is 5.91 Å². The fraction of sp³-hybridized carbons (Fsp3) is 0.310. The molecule has 0 spiro atoms. The number of esters is 1. The number of ether oxygens (including phenoxy) is 2. The van der Waals surface area contributed by atoms with E-state index in [1.807, 2.05) is 0 Å². The van der Waals surface area contributed by atoms with Gasteiger partial charge in [-0.25, -0.2) is 18.0 Å². The molecule has 38 heavy (non-hydrogen) atoms. The Hall–Kier alpha value is -3.85. The maximum Gasteiger partial charge on any atom is 0.339 e. The van der Waals surface area contributed by atoms with E-state index in [2.05, 4.69) is 5.32 Å². The summed E-state index contributed by atoms with van der Waals surface area (Å²) in [6, 6.07) is 14.8. The van der Waals surface area contributed by atoms with Gasteiger partial charge < -0.3 is 19.7 Å². The SMILES string of the molecule is [2H]C([2H])([2H])NCC1CN(C(=O)Cc2cc(F)c(F)cc2F)CCC1(OC(=O)c1ccccc1)c1cccc(OC([2H])([2H])[2H])c1. The van der Waals surface area contributed by atoms with Gasteiger partial charge in [-0.05, 0) is 42.9 Å². The van der Waals surface area contributed by atoms with Gasteiger partial charge in [-0.15, -0.1) is 0 Å². The van der Waals surface area contributed by atoms with Crippen molar-refractivity contribution in [1.29, 1.82) is 0 Å². The summed E-state index contributed by atoms with van der Waals surface area (Å²) in [4.78, 5) is 28.0. The van der Waals surface area contributed by atoms with E-state index in [-0.39, 0.29) is 42.9 Å². The van der Waals surface area contributed by atoms with Gasteiger partial charge in [0.25, 0.3) is 0 Å². The second-order valence-electron chi connectivity index (χ2n) is 8.98. The number of nitrogens with one attached hydrogen (secondary N) is 1. The van der Waals surface area contributed by atoms with Crippen LogP contribution in [0.1, 0.15) is 36.1 Å². The zero-order chi connectivity index (χ0) is 32.3. The molecule has 3 aromatic rings. The van der Waals surface area contributed by atoms with Crippen molar-refractivity contribution in [2.24, 2.45) is 5.92 Å². The third kappa shape index (κ3) is 5.67. The number of nitrogens with zero attached hydrogens (tertiary/aromatic N) is 1. The van der Waals surface area contributed by atoms with Crippen molar-refractivity contribution in [3.63, 3.8) is 0 Å². The number of carbonyl (C=O) groups is 2. The number of piperidine rings is 1. The molecule has 0 aliphatic carbocycles. The van der Waals surface area contributed by atoms with Gasteiger partial charge in [0.05, 0.1) is 23.1 Å². The number of carbonyl (C=O) groups excluding carboxylic acids is 2. The summed E-state index contributed by atoms with van der Waals surface area (Å²) in [5, 5.41) is 2.41. The number of likely N-dealkylation sites (tertiary alicyclic amines) is 1. The quantitative estimate of drug-likeness (QED) is 0.343. The van der Waals surface area contributed by atoms with Crippen LogP contribution in [0.2, 0.25) is 0 Å². The number of hydrogen-bond acceptors (Lipinski definition) is 5. The van der Waals surface area contributed by atoms with E-state index in [1.54, 1.807) is 24.3 Å². The highest BCUT2D eigenvalue weighted by Gasteiger charge is 2.48. The predicted octanol–water partition coefficient (Wildman–Crippen LogP) is 4.48. The van der Waals surface area contributed by atoms with E-state index in [4.69, 9.17) is 17.7 Å². The molecule has 1 aliphatic rings. The molecule has 2 atom stereocenters. The highest BCUT2D eigenvalue weighted by Crippen LogP contribution is 2.43. The Balaban J connectivity index is 1.74. The summed E-state index contributed by atoms with van der Waals surface area (Å²) in [6.45, 7) is -3.19. The normalized spacial score (nSPS) is 22.2. The lowest BCUT2D eigenvalue weighted by Crippen LogP contribution is -2.56. The van der Waals surface area contributed by atoms with Crippen LogP contribution in [0.15, 0.2) is 66.7 Å². The van der Waals surface area contributed by atoms with E-state index in [9.17, 15) is 22.8 Å². The van der Waals surface area contributed by atoms with E-state index in [0.29, 0.717) is 17.7 Å².